The summed E-state index contributed by atoms with van der Waals surface area (Å²) < 4.78 is 5.25. The highest BCUT2D eigenvalue weighted by atomic mass is 32.2. The van der Waals surface area contributed by atoms with Crippen LogP contribution in [0.1, 0.15) is 17.3 Å². The molecule has 3 nitrogen and oxygen atoms in total. The maximum Gasteiger partial charge on any atom is 0.339 e. The van der Waals surface area contributed by atoms with Gasteiger partial charge in [-0.15, -0.1) is 11.8 Å². The van der Waals surface area contributed by atoms with Crippen LogP contribution in [0.5, 0.6) is 5.75 Å². The highest BCUT2D eigenvalue weighted by Crippen LogP contribution is 2.25. The lowest BCUT2D eigenvalue weighted by Crippen LogP contribution is -2.02. The first-order chi connectivity index (χ1) is 6.69. The summed E-state index contributed by atoms with van der Waals surface area (Å²) in [6.45, 7) is 2.30. The lowest BCUT2D eigenvalue weighted by molar-refractivity contribution is 0.0692. The Morgan fingerprint density at radius 2 is 2.29 bits per heavy atom. The summed E-state index contributed by atoms with van der Waals surface area (Å²) in [6, 6.07) is 5.09. The predicted octanol–water partition coefficient (Wildman–Crippen LogP) is 2.51. The zero-order chi connectivity index (χ0) is 10.6. The van der Waals surface area contributed by atoms with Gasteiger partial charge >= 0.3 is 5.97 Å². The number of aromatic carboxylic acids is 1. The Morgan fingerprint density at radius 1 is 1.57 bits per heavy atom. The van der Waals surface area contributed by atoms with Crippen LogP contribution in [0.25, 0.3) is 0 Å². The average molecular weight is 212 g/mol. The van der Waals surface area contributed by atoms with Crippen LogP contribution in [0.3, 0.4) is 0 Å². The maximum absolute atomic E-state index is 10.8. The van der Waals surface area contributed by atoms with E-state index in [0.717, 1.165) is 4.90 Å². The summed E-state index contributed by atoms with van der Waals surface area (Å²) in [4.78, 5) is 11.8. The van der Waals surface area contributed by atoms with Gasteiger partial charge < -0.3 is 9.84 Å². The molecule has 0 bridgehead atoms. The number of rotatable bonds is 4. The summed E-state index contributed by atoms with van der Waals surface area (Å²) >= 11 is 1.56. The van der Waals surface area contributed by atoms with Crippen LogP contribution < -0.4 is 4.74 Å². The largest absolute Gasteiger partial charge is 0.493 e. The van der Waals surface area contributed by atoms with Gasteiger partial charge in [-0.25, -0.2) is 4.79 Å². The maximum atomic E-state index is 10.8. The summed E-state index contributed by atoms with van der Waals surface area (Å²) in [5, 5.41) is 8.87. The molecule has 1 N–H and O–H groups in total. The Bertz CT molecular complexity index is 336. The molecule has 0 amide bonds. The van der Waals surface area contributed by atoms with E-state index < -0.39 is 5.97 Å². The molecule has 0 aromatic heterocycles. The number of benzene rings is 1. The van der Waals surface area contributed by atoms with Crippen LogP contribution in [0, 0.1) is 0 Å². The number of hydrogen-bond acceptors (Lipinski definition) is 3. The minimum absolute atomic E-state index is 0.213. The van der Waals surface area contributed by atoms with Gasteiger partial charge in [0.25, 0.3) is 0 Å². The second kappa shape index (κ2) is 4.91. The molecular formula is C10H12O3S. The lowest BCUT2D eigenvalue weighted by Gasteiger charge is -2.08. The molecule has 0 heterocycles. The monoisotopic (exact) mass is 212 g/mol. The zero-order valence-electron chi connectivity index (χ0n) is 8.11. The number of carbonyl (C=O) groups is 1. The highest BCUT2D eigenvalue weighted by molar-refractivity contribution is 7.98. The van der Waals surface area contributed by atoms with E-state index in [4.69, 9.17) is 9.84 Å². The number of carboxylic acids is 1. The molecule has 0 saturated heterocycles. The minimum Gasteiger partial charge on any atom is -0.493 e. The lowest BCUT2D eigenvalue weighted by atomic mass is 10.2. The van der Waals surface area contributed by atoms with E-state index in [1.165, 1.54) is 0 Å². The van der Waals surface area contributed by atoms with Crippen molar-refractivity contribution >= 4 is 17.7 Å². The molecule has 0 aliphatic heterocycles. The average Bonchev–Trinajstić information content (AvgIpc) is 2.17. The van der Waals surface area contributed by atoms with Crippen molar-refractivity contribution in [2.75, 3.05) is 12.9 Å². The fraction of sp³-hybridized carbons (Fsp3) is 0.300. The smallest absolute Gasteiger partial charge is 0.339 e. The van der Waals surface area contributed by atoms with Gasteiger partial charge in [-0.2, -0.15) is 0 Å². The second-order valence-electron chi connectivity index (χ2n) is 2.60. The van der Waals surface area contributed by atoms with Crippen LogP contribution in [0.2, 0.25) is 0 Å². The fourth-order valence-corrected chi connectivity index (χ4v) is 1.51. The molecule has 0 aliphatic rings. The number of thioether (sulfide) groups is 1. The molecule has 0 spiro atoms. The van der Waals surface area contributed by atoms with Gasteiger partial charge in [-0.3, -0.25) is 0 Å². The van der Waals surface area contributed by atoms with E-state index in [1.54, 1.807) is 30.0 Å². The van der Waals surface area contributed by atoms with E-state index >= 15 is 0 Å². The molecule has 4 heteroatoms. The van der Waals surface area contributed by atoms with Crippen LogP contribution in [0.4, 0.5) is 0 Å². The third kappa shape index (κ3) is 2.42. The van der Waals surface area contributed by atoms with Crippen LogP contribution in [-0.4, -0.2) is 23.9 Å². The Morgan fingerprint density at radius 3 is 2.79 bits per heavy atom. The first-order valence-electron chi connectivity index (χ1n) is 4.23. The Labute approximate surface area is 87.1 Å². The molecular weight excluding hydrogens is 200 g/mol. The third-order valence-corrected chi connectivity index (χ3v) is 2.44. The number of ether oxygens (including phenoxy) is 1. The first-order valence-corrected chi connectivity index (χ1v) is 5.45. The Kier molecular flexibility index (Phi) is 3.83. The normalized spacial score (nSPS) is 9.86. The van der Waals surface area contributed by atoms with E-state index in [1.807, 2.05) is 13.2 Å². The summed E-state index contributed by atoms with van der Waals surface area (Å²) in [5.41, 5.74) is 0.213. The quantitative estimate of drug-likeness (QED) is 0.779. The van der Waals surface area contributed by atoms with Crippen LogP contribution in [0.15, 0.2) is 23.1 Å². The van der Waals surface area contributed by atoms with Gasteiger partial charge in [0.15, 0.2) is 0 Å². The summed E-state index contributed by atoms with van der Waals surface area (Å²) in [6.07, 6.45) is 1.94. The van der Waals surface area contributed by atoms with Gasteiger partial charge in [-0.1, -0.05) is 0 Å². The summed E-state index contributed by atoms with van der Waals surface area (Å²) in [5.74, 6) is -0.520. The van der Waals surface area contributed by atoms with E-state index in [2.05, 4.69) is 0 Å². The molecule has 0 radical (unpaired) electrons. The Balaban J connectivity index is 3.10. The number of hydrogen-bond donors (Lipinski definition) is 1. The highest BCUT2D eigenvalue weighted by Gasteiger charge is 2.11. The van der Waals surface area contributed by atoms with Crippen molar-refractivity contribution in [1.82, 2.24) is 0 Å². The molecule has 76 valence electrons. The van der Waals surface area contributed by atoms with Gasteiger partial charge in [0.05, 0.1) is 6.61 Å². The van der Waals surface area contributed by atoms with Crippen molar-refractivity contribution in [3.05, 3.63) is 23.8 Å². The van der Waals surface area contributed by atoms with Gasteiger partial charge in [0.1, 0.15) is 11.3 Å². The second-order valence-corrected chi connectivity index (χ2v) is 3.48. The minimum atomic E-state index is -0.957. The third-order valence-electron chi connectivity index (χ3n) is 1.72. The molecule has 1 aromatic rings. The molecule has 0 atom stereocenters. The van der Waals surface area contributed by atoms with E-state index in [0.29, 0.717) is 12.4 Å². The first kappa shape index (κ1) is 10.9. The zero-order valence-corrected chi connectivity index (χ0v) is 8.93. The van der Waals surface area contributed by atoms with Crippen molar-refractivity contribution < 1.29 is 14.6 Å². The van der Waals surface area contributed by atoms with Crippen LogP contribution >= 0.6 is 11.8 Å². The molecule has 1 rings (SSSR count). The standard InChI is InChI=1S/C10H12O3S/c1-3-13-9-6-7(14-2)4-5-8(9)10(11)12/h4-6H,3H2,1-2H3,(H,11,12). The Hall–Kier alpha value is -1.16. The van der Waals surface area contributed by atoms with Crippen LogP contribution in [-0.2, 0) is 0 Å². The topological polar surface area (TPSA) is 46.5 Å². The molecule has 0 unspecified atom stereocenters. The molecule has 1 aromatic carbocycles. The molecule has 14 heavy (non-hydrogen) atoms. The number of carboxylic acid groups (broad SMARTS) is 1. The van der Waals surface area contributed by atoms with E-state index in [9.17, 15) is 4.79 Å². The van der Waals surface area contributed by atoms with Crippen molar-refractivity contribution in [2.45, 2.75) is 11.8 Å². The van der Waals surface area contributed by atoms with Crippen molar-refractivity contribution in [3.63, 3.8) is 0 Å². The molecule has 0 saturated carbocycles. The van der Waals surface area contributed by atoms with Gasteiger partial charge in [0.2, 0.25) is 0 Å². The van der Waals surface area contributed by atoms with E-state index in [-0.39, 0.29) is 5.56 Å². The molecule has 0 fully saturated rings. The van der Waals surface area contributed by atoms with Crippen molar-refractivity contribution in [1.29, 1.82) is 0 Å². The van der Waals surface area contributed by atoms with Gasteiger partial charge in [0, 0.05) is 4.90 Å². The van der Waals surface area contributed by atoms with Crippen molar-refractivity contribution in [2.24, 2.45) is 0 Å². The van der Waals surface area contributed by atoms with Crippen molar-refractivity contribution in [3.8, 4) is 5.75 Å². The molecule has 0 aliphatic carbocycles. The predicted molar refractivity (Wildman–Crippen MR) is 56.4 cm³/mol. The van der Waals surface area contributed by atoms with Gasteiger partial charge in [-0.05, 0) is 31.4 Å². The summed E-state index contributed by atoms with van der Waals surface area (Å²) in [7, 11) is 0. The fourth-order valence-electron chi connectivity index (χ4n) is 1.08. The SMILES string of the molecule is CCOc1cc(SC)ccc1C(=O)O.